The lowest BCUT2D eigenvalue weighted by Crippen LogP contribution is -2.15. The molecule has 0 aliphatic carbocycles. The van der Waals surface area contributed by atoms with Crippen molar-refractivity contribution in [2.75, 3.05) is 7.11 Å². The molecule has 1 heterocycles. The largest absolute Gasteiger partial charge is 0.505 e. The van der Waals surface area contributed by atoms with Crippen LogP contribution < -0.4 is 4.74 Å². The Balaban J connectivity index is 1.87. The Kier molecular flexibility index (Phi) is 6.87. The first kappa shape index (κ1) is 21.8. The predicted molar refractivity (Wildman–Crippen MR) is 115 cm³/mol. The van der Waals surface area contributed by atoms with Crippen molar-refractivity contribution in [1.29, 1.82) is 0 Å². The Bertz CT molecular complexity index is 1080. The average molecular weight is 421 g/mol. The summed E-state index contributed by atoms with van der Waals surface area (Å²) in [5.74, 6) is -2.80. The minimum atomic E-state index is -1.51. The highest BCUT2D eigenvalue weighted by atomic mass is 16.5. The lowest BCUT2D eigenvalue weighted by atomic mass is 9.97. The molecule has 3 rings (SSSR count). The van der Waals surface area contributed by atoms with Gasteiger partial charge in [-0.2, -0.15) is 0 Å². The predicted octanol–water partition coefficient (Wildman–Crippen LogP) is 4.42. The number of aromatic carboxylic acids is 2. The molecule has 0 spiro atoms. The molecule has 0 saturated heterocycles. The summed E-state index contributed by atoms with van der Waals surface area (Å²) in [6.45, 7) is 0. The van der Waals surface area contributed by atoms with Crippen LogP contribution in [0, 0.1) is 0 Å². The van der Waals surface area contributed by atoms with Gasteiger partial charge in [0.2, 0.25) is 0 Å². The summed E-state index contributed by atoms with van der Waals surface area (Å²) in [7, 11) is 1.61. The molecule has 7 heteroatoms. The average Bonchev–Trinajstić information content (AvgIpc) is 2.77. The van der Waals surface area contributed by atoms with Crippen molar-refractivity contribution in [3.8, 4) is 22.8 Å². The quantitative estimate of drug-likeness (QED) is 0.438. The van der Waals surface area contributed by atoms with Gasteiger partial charge in [-0.1, -0.05) is 42.5 Å². The van der Waals surface area contributed by atoms with E-state index < -0.39 is 28.8 Å². The minimum Gasteiger partial charge on any atom is -0.505 e. The number of benzene rings is 2. The molecule has 0 saturated carbocycles. The lowest BCUT2D eigenvalue weighted by Gasteiger charge is -2.14. The number of aromatic hydroxyl groups is 1. The third-order valence-corrected chi connectivity index (χ3v) is 5.01. The molecule has 160 valence electrons. The van der Waals surface area contributed by atoms with E-state index in [1.54, 1.807) is 37.4 Å². The van der Waals surface area contributed by atoms with Gasteiger partial charge in [0.1, 0.15) is 17.0 Å². The maximum Gasteiger partial charge on any atom is 0.340 e. The van der Waals surface area contributed by atoms with Crippen LogP contribution in [-0.4, -0.2) is 39.4 Å². The molecule has 0 aliphatic heterocycles. The SMILES string of the molecule is COc1ccc(CCCCc2nc(-c3ccccc3)c(O)c(C(=O)O)c2C(=O)O)cc1. The lowest BCUT2D eigenvalue weighted by molar-refractivity contribution is 0.0646. The van der Waals surface area contributed by atoms with E-state index in [2.05, 4.69) is 4.98 Å². The van der Waals surface area contributed by atoms with Crippen LogP contribution in [0.2, 0.25) is 0 Å². The Morgan fingerprint density at radius 3 is 2.06 bits per heavy atom. The minimum absolute atomic E-state index is 0.0631. The molecule has 0 unspecified atom stereocenters. The van der Waals surface area contributed by atoms with Gasteiger partial charge in [-0.25, -0.2) is 14.6 Å². The summed E-state index contributed by atoms with van der Waals surface area (Å²) in [5.41, 5.74) is 0.748. The molecular formula is C24H23NO6. The van der Waals surface area contributed by atoms with Crippen molar-refractivity contribution in [2.24, 2.45) is 0 Å². The summed E-state index contributed by atoms with van der Waals surface area (Å²) in [6, 6.07) is 16.3. The van der Waals surface area contributed by atoms with Crippen LogP contribution in [0.25, 0.3) is 11.3 Å². The van der Waals surface area contributed by atoms with E-state index in [0.29, 0.717) is 12.0 Å². The summed E-state index contributed by atoms with van der Waals surface area (Å²) >= 11 is 0. The second-order valence-corrected chi connectivity index (χ2v) is 7.04. The van der Waals surface area contributed by atoms with E-state index >= 15 is 0 Å². The molecule has 2 aromatic carbocycles. The number of carboxylic acid groups (broad SMARTS) is 2. The smallest absolute Gasteiger partial charge is 0.340 e. The van der Waals surface area contributed by atoms with Crippen molar-refractivity contribution in [3.05, 3.63) is 77.0 Å². The number of aryl methyl sites for hydroxylation is 2. The van der Waals surface area contributed by atoms with Crippen molar-refractivity contribution in [1.82, 2.24) is 4.98 Å². The van der Waals surface area contributed by atoms with E-state index in [1.807, 2.05) is 24.3 Å². The standard InChI is InChI=1S/C24H23NO6/c1-31-17-13-11-15(12-14-17)7-5-6-10-18-19(23(27)28)20(24(29)30)22(26)21(25-18)16-8-3-2-4-9-16/h2-4,8-9,11-14,26H,5-7,10H2,1H3,(H,27,28)(H,29,30). The maximum atomic E-state index is 11.8. The molecule has 0 amide bonds. The van der Waals surface area contributed by atoms with Crippen molar-refractivity contribution in [3.63, 3.8) is 0 Å². The Labute approximate surface area is 179 Å². The van der Waals surface area contributed by atoms with Crippen molar-refractivity contribution < 1.29 is 29.6 Å². The summed E-state index contributed by atoms with van der Waals surface area (Å²) in [6.07, 6.45) is 2.42. The first-order chi connectivity index (χ1) is 14.9. The third-order valence-electron chi connectivity index (χ3n) is 5.01. The van der Waals surface area contributed by atoms with Gasteiger partial charge >= 0.3 is 11.9 Å². The molecule has 0 aliphatic rings. The Hall–Kier alpha value is -3.87. The third kappa shape index (κ3) is 5.01. The van der Waals surface area contributed by atoms with Crippen molar-refractivity contribution >= 4 is 11.9 Å². The van der Waals surface area contributed by atoms with Crippen LogP contribution in [0.1, 0.15) is 44.8 Å². The number of ether oxygens (including phenoxy) is 1. The number of carboxylic acids is 2. The van der Waals surface area contributed by atoms with E-state index in [1.165, 1.54) is 0 Å². The first-order valence-corrected chi connectivity index (χ1v) is 9.83. The van der Waals surface area contributed by atoms with Crippen LogP contribution in [0.3, 0.4) is 0 Å². The number of nitrogens with zero attached hydrogens (tertiary/aromatic N) is 1. The highest BCUT2D eigenvalue weighted by Crippen LogP contribution is 2.34. The van der Waals surface area contributed by atoms with Gasteiger partial charge in [0, 0.05) is 5.56 Å². The van der Waals surface area contributed by atoms with Gasteiger partial charge in [-0.05, 0) is 43.4 Å². The first-order valence-electron chi connectivity index (χ1n) is 9.83. The van der Waals surface area contributed by atoms with Crippen LogP contribution in [0.5, 0.6) is 11.5 Å². The molecular weight excluding hydrogens is 398 g/mol. The normalized spacial score (nSPS) is 10.6. The van der Waals surface area contributed by atoms with Crippen LogP contribution in [0.4, 0.5) is 0 Å². The van der Waals surface area contributed by atoms with Gasteiger partial charge in [-0.15, -0.1) is 0 Å². The highest BCUT2D eigenvalue weighted by Gasteiger charge is 2.28. The summed E-state index contributed by atoms with van der Waals surface area (Å²) in [5, 5.41) is 29.7. The summed E-state index contributed by atoms with van der Waals surface area (Å²) in [4.78, 5) is 28.0. The fourth-order valence-corrected chi connectivity index (χ4v) is 3.46. The van der Waals surface area contributed by atoms with Gasteiger partial charge in [0.15, 0.2) is 5.75 Å². The van der Waals surface area contributed by atoms with Crippen LogP contribution >= 0.6 is 0 Å². The van der Waals surface area contributed by atoms with Gasteiger partial charge < -0.3 is 20.1 Å². The number of hydrogen-bond acceptors (Lipinski definition) is 5. The van der Waals surface area contributed by atoms with Gasteiger partial charge in [0.25, 0.3) is 0 Å². The monoisotopic (exact) mass is 421 g/mol. The molecule has 1 aromatic heterocycles. The zero-order valence-electron chi connectivity index (χ0n) is 17.0. The number of methoxy groups -OCH3 is 1. The topological polar surface area (TPSA) is 117 Å². The highest BCUT2D eigenvalue weighted by molar-refractivity contribution is 6.05. The van der Waals surface area contributed by atoms with E-state index in [0.717, 1.165) is 24.2 Å². The number of rotatable bonds is 9. The van der Waals surface area contributed by atoms with Gasteiger partial charge in [0.05, 0.1) is 18.4 Å². The fraction of sp³-hybridized carbons (Fsp3) is 0.208. The van der Waals surface area contributed by atoms with Crippen LogP contribution in [0.15, 0.2) is 54.6 Å². The molecule has 3 N–H and O–H groups in total. The van der Waals surface area contributed by atoms with E-state index in [9.17, 15) is 24.9 Å². The number of unbranched alkanes of at least 4 members (excludes halogenated alkanes) is 1. The number of aromatic nitrogens is 1. The summed E-state index contributed by atoms with van der Waals surface area (Å²) < 4.78 is 5.14. The Morgan fingerprint density at radius 1 is 0.871 bits per heavy atom. The number of carbonyl (C=O) groups is 2. The molecule has 0 atom stereocenters. The zero-order chi connectivity index (χ0) is 22.4. The van der Waals surface area contributed by atoms with E-state index in [4.69, 9.17) is 4.74 Å². The second kappa shape index (κ2) is 9.75. The van der Waals surface area contributed by atoms with E-state index in [-0.39, 0.29) is 17.8 Å². The molecule has 3 aromatic rings. The van der Waals surface area contributed by atoms with Crippen LogP contribution in [-0.2, 0) is 12.8 Å². The number of pyridine rings is 1. The van der Waals surface area contributed by atoms with Crippen molar-refractivity contribution in [2.45, 2.75) is 25.7 Å². The zero-order valence-corrected chi connectivity index (χ0v) is 17.0. The van der Waals surface area contributed by atoms with Gasteiger partial charge in [-0.3, -0.25) is 0 Å². The molecule has 0 bridgehead atoms. The molecule has 0 fully saturated rings. The fourth-order valence-electron chi connectivity index (χ4n) is 3.46. The maximum absolute atomic E-state index is 11.8. The number of hydrogen-bond donors (Lipinski definition) is 3. The molecule has 0 radical (unpaired) electrons. The second-order valence-electron chi connectivity index (χ2n) is 7.04. The Morgan fingerprint density at radius 2 is 1.48 bits per heavy atom. The molecule has 31 heavy (non-hydrogen) atoms. The molecule has 7 nitrogen and oxygen atoms in total.